The second-order valence-corrected chi connectivity index (χ2v) is 4.78. The molecule has 0 unspecified atom stereocenters. The van der Waals surface area contributed by atoms with E-state index in [1.165, 1.54) is 5.56 Å². The Morgan fingerprint density at radius 2 is 1.90 bits per heavy atom. The minimum atomic E-state index is 0.797. The molecule has 2 aromatic heterocycles. The molecule has 2 heterocycles. The number of nitrogens with zero attached hydrogens (tertiary/aromatic N) is 4. The van der Waals surface area contributed by atoms with Gasteiger partial charge in [-0.2, -0.15) is 5.10 Å². The van der Waals surface area contributed by atoms with Gasteiger partial charge < -0.3 is 0 Å². The Labute approximate surface area is 118 Å². The molecule has 0 atom stereocenters. The lowest BCUT2D eigenvalue weighted by Gasteiger charge is -2.17. The molecule has 0 aliphatic carbocycles. The zero-order valence-electron chi connectivity index (χ0n) is 11.9. The molecule has 104 valence electrons. The third kappa shape index (κ3) is 2.20. The highest BCUT2D eigenvalue weighted by Gasteiger charge is 2.16. The molecule has 0 aliphatic rings. The first-order chi connectivity index (χ1) is 9.83. The van der Waals surface area contributed by atoms with E-state index < -0.39 is 0 Å². The van der Waals surface area contributed by atoms with E-state index in [4.69, 9.17) is 0 Å². The average Bonchev–Trinajstić information content (AvgIpc) is 3.05. The van der Waals surface area contributed by atoms with Crippen LogP contribution in [0.1, 0.15) is 19.5 Å². The van der Waals surface area contributed by atoms with Crippen molar-refractivity contribution >= 4 is 5.78 Å². The minimum absolute atomic E-state index is 0.797. The van der Waals surface area contributed by atoms with Crippen LogP contribution in [0.2, 0.25) is 0 Å². The van der Waals surface area contributed by atoms with Crippen molar-refractivity contribution in [3.8, 4) is 11.3 Å². The van der Waals surface area contributed by atoms with Crippen LogP contribution in [0.4, 0.5) is 0 Å². The van der Waals surface area contributed by atoms with Gasteiger partial charge in [0, 0.05) is 12.1 Å². The highest BCUT2D eigenvalue weighted by molar-refractivity contribution is 5.65. The van der Waals surface area contributed by atoms with Crippen molar-refractivity contribution < 1.29 is 0 Å². The van der Waals surface area contributed by atoms with Crippen molar-refractivity contribution in [3.05, 3.63) is 42.4 Å². The van der Waals surface area contributed by atoms with Crippen molar-refractivity contribution in [2.45, 2.75) is 20.4 Å². The van der Waals surface area contributed by atoms with E-state index in [0.29, 0.717) is 0 Å². The van der Waals surface area contributed by atoms with Crippen LogP contribution in [0.5, 0.6) is 0 Å². The molecule has 1 N–H and O–H groups in total. The van der Waals surface area contributed by atoms with Gasteiger partial charge in [0.15, 0.2) is 0 Å². The van der Waals surface area contributed by atoms with Crippen LogP contribution in [0, 0.1) is 0 Å². The molecular formula is C15H19N5. The van der Waals surface area contributed by atoms with Gasteiger partial charge >= 0.3 is 0 Å². The van der Waals surface area contributed by atoms with Gasteiger partial charge in [0.1, 0.15) is 6.33 Å². The largest absolute Gasteiger partial charge is 0.298 e. The van der Waals surface area contributed by atoms with Gasteiger partial charge in [-0.15, -0.1) is 0 Å². The third-order valence-electron chi connectivity index (χ3n) is 3.64. The van der Waals surface area contributed by atoms with E-state index in [9.17, 15) is 0 Å². The Bertz CT molecular complexity index is 679. The van der Waals surface area contributed by atoms with Crippen molar-refractivity contribution in [1.82, 2.24) is 24.5 Å². The summed E-state index contributed by atoms with van der Waals surface area (Å²) in [5.74, 6) is 0.797. The highest BCUT2D eigenvalue weighted by atomic mass is 15.3. The Kier molecular flexibility index (Phi) is 3.52. The molecule has 0 saturated heterocycles. The molecule has 0 amide bonds. The number of fused-ring (bicyclic) bond motifs is 1. The van der Waals surface area contributed by atoms with E-state index in [-0.39, 0.29) is 0 Å². The summed E-state index contributed by atoms with van der Waals surface area (Å²) >= 11 is 0. The molecule has 0 aliphatic heterocycles. The first kappa shape index (κ1) is 12.9. The molecule has 5 nitrogen and oxygen atoms in total. The topological polar surface area (TPSA) is 49.2 Å². The summed E-state index contributed by atoms with van der Waals surface area (Å²) in [6, 6.07) is 10.4. The molecule has 0 fully saturated rings. The van der Waals surface area contributed by atoms with Crippen LogP contribution in [0.15, 0.2) is 36.7 Å². The van der Waals surface area contributed by atoms with Gasteiger partial charge in [-0.1, -0.05) is 44.2 Å². The molecule has 1 aromatic carbocycles. The summed E-state index contributed by atoms with van der Waals surface area (Å²) in [4.78, 5) is 7.05. The van der Waals surface area contributed by atoms with Crippen molar-refractivity contribution in [1.29, 1.82) is 0 Å². The molecule has 0 spiro atoms. The number of nitrogens with one attached hydrogen (secondary N) is 1. The summed E-state index contributed by atoms with van der Waals surface area (Å²) in [6.07, 6.45) is 1.79. The lowest BCUT2D eigenvalue weighted by Crippen LogP contribution is -2.22. The number of aromatic nitrogens is 4. The maximum atomic E-state index is 4.69. The Hall–Kier alpha value is -2.14. The standard InChI is InChI=1S/C15H19N5/c1-3-19(4-2)10-13-14(12-8-6-5-7-9-12)20-11-16-18-15(20)17-13/h5-9,11H,3-4,10H2,1-2H3,(H,17,18). The number of imidazole rings is 1. The normalized spacial score (nSPS) is 11.6. The maximum Gasteiger partial charge on any atom is 0.230 e. The van der Waals surface area contributed by atoms with E-state index in [0.717, 1.165) is 36.8 Å². The maximum absolute atomic E-state index is 4.69. The predicted molar refractivity (Wildman–Crippen MR) is 79.4 cm³/mol. The molecule has 3 aromatic rings. The van der Waals surface area contributed by atoms with E-state index >= 15 is 0 Å². The summed E-state index contributed by atoms with van der Waals surface area (Å²) < 4.78 is 2.02. The number of hydrogen-bond acceptors (Lipinski definition) is 3. The number of hydrogen-bond donors (Lipinski definition) is 1. The fourth-order valence-corrected chi connectivity index (χ4v) is 2.49. The van der Waals surface area contributed by atoms with Crippen molar-refractivity contribution in [3.63, 3.8) is 0 Å². The highest BCUT2D eigenvalue weighted by Crippen LogP contribution is 2.25. The summed E-state index contributed by atoms with van der Waals surface area (Å²) in [6.45, 7) is 7.25. The molecular weight excluding hydrogens is 250 g/mol. The quantitative estimate of drug-likeness (QED) is 0.774. The molecule has 5 heteroatoms. The van der Waals surface area contributed by atoms with Gasteiger partial charge in [-0.05, 0) is 13.1 Å². The fourth-order valence-electron chi connectivity index (χ4n) is 2.49. The number of benzene rings is 1. The Morgan fingerprint density at radius 3 is 2.60 bits per heavy atom. The first-order valence-electron chi connectivity index (χ1n) is 7.01. The van der Waals surface area contributed by atoms with Crippen LogP contribution in [-0.4, -0.2) is 37.6 Å². The minimum Gasteiger partial charge on any atom is -0.298 e. The van der Waals surface area contributed by atoms with Crippen LogP contribution < -0.4 is 0 Å². The fraction of sp³-hybridized carbons (Fsp3) is 0.333. The summed E-state index contributed by atoms with van der Waals surface area (Å²) in [5, 5.41) is 7.01. The van der Waals surface area contributed by atoms with E-state index in [1.54, 1.807) is 6.33 Å². The molecule has 0 bridgehead atoms. The molecule has 20 heavy (non-hydrogen) atoms. The van der Waals surface area contributed by atoms with Crippen molar-refractivity contribution in [2.24, 2.45) is 0 Å². The Morgan fingerprint density at radius 1 is 1.15 bits per heavy atom. The Balaban J connectivity index is 2.10. The van der Waals surface area contributed by atoms with Gasteiger partial charge in [0.05, 0.1) is 11.4 Å². The number of rotatable bonds is 5. The summed E-state index contributed by atoms with van der Waals surface area (Å²) in [7, 11) is 0. The SMILES string of the molecule is CCN(CC)Cc1nc2[nH]ncn2c1-c1ccccc1. The lowest BCUT2D eigenvalue weighted by molar-refractivity contribution is 0.293. The molecule has 3 rings (SSSR count). The zero-order valence-corrected chi connectivity index (χ0v) is 11.9. The van der Waals surface area contributed by atoms with E-state index in [1.807, 2.05) is 10.5 Å². The number of H-pyrrole nitrogens is 1. The van der Waals surface area contributed by atoms with Gasteiger partial charge in [-0.25, -0.2) is 10.1 Å². The van der Waals surface area contributed by atoms with Crippen molar-refractivity contribution in [2.75, 3.05) is 13.1 Å². The lowest BCUT2D eigenvalue weighted by atomic mass is 10.1. The third-order valence-corrected chi connectivity index (χ3v) is 3.64. The van der Waals surface area contributed by atoms with Gasteiger partial charge in [-0.3, -0.25) is 9.30 Å². The van der Waals surface area contributed by atoms with Crippen LogP contribution in [0.3, 0.4) is 0 Å². The van der Waals surface area contributed by atoms with Crippen LogP contribution in [-0.2, 0) is 6.54 Å². The van der Waals surface area contributed by atoms with E-state index in [2.05, 4.69) is 58.2 Å². The second kappa shape index (κ2) is 5.46. The summed E-state index contributed by atoms with van der Waals surface area (Å²) in [5.41, 5.74) is 3.39. The van der Waals surface area contributed by atoms with Gasteiger partial charge in [0.2, 0.25) is 5.78 Å². The zero-order chi connectivity index (χ0) is 13.9. The predicted octanol–water partition coefficient (Wildman–Crippen LogP) is 2.57. The molecule has 0 radical (unpaired) electrons. The molecule has 0 saturated carbocycles. The average molecular weight is 269 g/mol. The number of aromatic amines is 1. The first-order valence-corrected chi connectivity index (χ1v) is 7.01. The second-order valence-electron chi connectivity index (χ2n) is 4.78. The van der Waals surface area contributed by atoms with Gasteiger partial charge in [0.25, 0.3) is 0 Å². The van der Waals surface area contributed by atoms with Crippen LogP contribution >= 0.6 is 0 Å². The van der Waals surface area contributed by atoms with Crippen LogP contribution in [0.25, 0.3) is 17.0 Å². The smallest absolute Gasteiger partial charge is 0.230 e. The monoisotopic (exact) mass is 269 g/mol.